The average Bonchev–Trinajstić information content (AvgIpc) is 2.45. The molecule has 5 nitrogen and oxygen atoms in total. The number of nitrogens with one attached hydrogen (secondary N) is 1. The summed E-state index contributed by atoms with van der Waals surface area (Å²) in [5.74, 6) is 0.435. The summed E-state index contributed by atoms with van der Waals surface area (Å²) >= 11 is 0. The Morgan fingerprint density at radius 3 is 2.57 bits per heavy atom. The largest absolute Gasteiger partial charge is 0.444 e. The van der Waals surface area contributed by atoms with Crippen LogP contribution in [0.4, 0.5) is 4.79 Å². The number of ether oxygens (including phenoxy) is 1. The molecule has 1 saturated carbocycles. The highest BCUT2D eigenvalue weighted by Crippen LogP contribution is 2.41. The molecular formula is C18H34N2O3. The quantitative estimate of drug-likeness (QED) is 0.837. The number of hydrogen-bond donors (Lipinski definition) is 2. The van der Waals surface area contributed by atoms with Gasteiger partial charge in [-0.1, -0.05) is 13.8 Å². The predicted molar refractivity (Wildman–Crippen MR) is 91.3 cm³/mol. The number of rotatable bonds is 3. The Bertz CT molecular complexity index is 430. The van der Waals surface area contributed by atoms with Gasteiger partial charge >= 0.3 is 6.09 Å². The van der Waals surface area contributed by atoms with E-state index in [4.69, 9.17) is 4.74 Å². The van der Waals surface area contributed by atoms with Crippen LogP contribution >= 0.6 is 0 Å². The number of aliphatic hydroxyl groups is 1. The number of likely N-dealkylation sites (tertiary alicyclic amines) is 1. The summed E-state index contributed by atoms with van der Waals surface area (Å²) in [7, 11) is 0. The first-order valence-corrected chi connectivity index (χ1v) is 8.93. The molecule has 2 N–H and O–H groups in total. The Labute approximate surface area is 140 Å². The van der Waals surface area contributed by atoms with Crippen LogP contribution in [-0.4, -0.2) is 53.0 Å². The molecule has 4 unspecified atom stereocenters. The number of amides is 1. The third kappa shape index (κ3) is 4.38. The molecule has 1 aliphatic carbocycles. The van der Waals surface area contributed by atoms with Gasteiger partial charge in [0.2, 0.25) is 0 Å². The van der Waals surface area contributed by atoms with Crippen molar-refractivity contribution in [1.82, 2.24) is 10.2 Å². The van der Waals surface area contributed by atoms with Gasteiger partial charge in [-0.15, -0.1) is 0 Å². The maximum Gasteiger partial charge on any atom is 0.410 e. The first-order chi connectivity index (χ1) is 10.5. The Balaban J connectivity index is 1.87. The maximum absolute atomic E-state index is 12.3. The van der Waals surface area contributed by atoms with Crippen LogP contribution in [0.1, 0.15) is 60.8 Å². The van der Waals surface area contributed by atoms with Crippen molar-refractivity contribution in [2.24, 2.45) is 11.3 Å². The molecular weight excluding hydrogens is 292 g/mol. The van der Waals surface area contributed by atoms with E-state index in [0.717, 1.165) is 32.4 Å². The van der Waals surface area contributed by atoms with Gasteiger partial charge in [0, 0.05) is 30.6 Å². The van der Waals surface area contributed by atoms with Gasteiger partial charge in [-0.05, 0) is 52.9 Å². The zero-order chi connectivity index (χ0) is 17.4. The highest BCUT2D eigenvalue weighted by Gasteiger charge is 2.48. The number of aliphatic hydroxyl groups excluding tert-OH is 1. The Morgan fingerprint density at radius 1 is 1.39 bits per heavy atom. The Morgan fingerprint density at radius 2 is 2.04 bits per heavy atom. The number of carbonyl (C=O) groups is 1. The lowest BCUT2D eigenvalue weighted by molar-refractivity contribution is -0.0783. The van der Waals surface area contributed by atoms with E-state index in [9.17, 15) is 9.90 Å². The zero-order valence-electron chi connectivity index (χ0n) is 15.6. The summed E-state index contributed by atoms with van der Waals surface area (Å²) in [6, 6.07) is 0.682. The number of piperidine rings is 1. The normalized spacial score (nSPS) is 32.1. The predicted octanol–water partition coefficient (Wildman–Crippen LogP) is 2.77. The fraction of sp³-hybridized carbons (Fsp3) is 0.944. The second-order valence-corrected chi connectivity index (χ2v) is 8.91. The molecule has 0 bridgehead atoms. The molecule has 0 aromatic carbocycles. The molecule has 1 amide bonds. The molecule has 2 fully saturated rings. The van der Waals surface area contributed by atoms with E-state index in [1.807, 2.05) is 25.7 Å². The lowest BCUT2D eigenvalue weighted by atomic mass is 9.64. The van der Waals surface area contributed by atoms with Gasteiger partial charge in [0.15, 0.2) is 0 Å². The Hall–Kier alpha value is -0.810. The molecule has 1 heterocycles. The fourth-order valence-electron chi connectivity index (χ4n) is 3.55. The monoisotopic (exact) mass is 326 g/mol. The smallest absolute Gasteiger partial charge is 0.410 e. The van der Waals surface area contributed by atoms with E-state index in [2.05, 4.69) is 26.1 Å². The van der Waals surface area contributed by atoms with Crippen molar-refractivity contribution in [2.75, 3.05) is 13.1 Å². The van der Waals surface area contributed by atoms with Crippen LogP contribution in [0.2, 0.25) is 0 Å². The van der Waals surface area contributed by atoms with Gasteiger partial charge in [0.05, 0.1) is 6.10 Å². The average molecular weight is 326 g/mol. The molecule has 2 rings (SSSR count). The van der Waals surface area contributed by atoms with E-state index in [-0.39, 0.29) is 17.6 Å². The van der Waals surface area contributed by atoms with Gasteiger partial charge in [0.1, 0.15) is 5.60 Å². The van der Waals surface area contributed by atoms with Gasteiger partial charge in [-0.3, -0.25) is 0 Å². The summed E-state index contributed by atoms with van der Waals surface area (Å²) in [5, 5.41) is 13.6. The van der Waals surface area contributed by atoms with Crippen molar-refractivity contribution in [3.8, 4) is 0 Å². The standard InChI is InChI=1S/C18H34N2O3/c1-12(19-14-10-15(21)18(14,5)6)13-8-7-9-20(11-13)16(22)23-17(2,3)4/h12-15,19,21H,7-11H2,1-6H3. The topological polar surface area (TPSA) is 61.8 Å². The lowest BCUT2D eigenvalue weighted by Crippen LogP contribution is -2.63. The van der Waals surface area contributed by atoms with Crippen LogP contribution in [0.25, 0.3) is 0 Å². The maximum atomic E-state index is 12.3. The van der Waals surface area contributed by atoms with E-state index in [1.54, 1.807) is 0 Å². The molecule has 0 aromatic rings. The van der Waals surface area contributed by atoms with Crippen molar-refractivity contribution in [1.29, 1.82) is 0 Å². The van der Waals surface area contributed by atoms with Crippen LogP contribution < -0.4 is 5.32 Å². The molecule has 2 aliphatic rings. The SMILES string of the molecule is CC(NC1CC(O)C1(C)C)C1CCCN(C(=O)OC(C)(C)C)C1. The van der Waals surface area contributed by atoms with E-state index >= 15 is 0 Å². The first-order valence-electron chi connectivity index (χ1n) is 8.93. The molecule has 0 aromatic heterocycles. The third-order valence-electron chi connectivity index (χ3n) is 5.50. The second-order valence-electron chi connectivity index (χ2n) is 8.91. The van der Waals surface area contributed by atoms with Crippen LogP contribution in [0.3, 0.4) is 0 Å². The van der Waals surface area contributed by atoms with Crippen molar-refractivity contribution < 1.29 is 14.6 Å². The van der Waals surface area contributed by atoms with Crippen molar-refractivity contribution in [3.63, 3.8) is 0 Å². The van der Waals surface area contributed by atoms with E-state index < -0.39 is 5.60 Å². The summed E-state index contributed by atoms with van der Waals surface area (Å²) in [6.07, 6.45) is 2.56. The fourth-order valence-corrected chi connectivity index (χ4v) is 3.55. The van der Waals surface area contributed by atoms with Crippen molar-refractivity contribution >= 4 is 6.09 Å². The van der Waals surface area contributed by atoms with Gasteiger partial charge in [0.25, 0.3) is 0 Å². The van der Waals surface area contributed by atoms with Gasteiger partial charge in [-0.25, -0.2) is 4.79 Å². The first kappa shape index (κ1) is 18.5. The molecule has 0 radical (unpaired) electrons. The number of carbonyl (C=O) groups excluding carboxylic acids is 1. The van der Waals surface area contributed by atoms with Gasteiger partial charge < -0.3 is 20.1 Å². The van der Waals surface area contributed by atoms with E-state index in [0.29, 0.717) is 18.0 Å². The summed E-state index contributed by atoms with van der Waals surface area (Å²) < 4.78 is 5.50. The molecule has 134 valence electrons. The van der Waals surface area contributed by atoms with E-state index in [1.165, 1.54) is 0 Å². The highest BCUT2D eigenvalue weighted by atomic mass is 16.6. The van der Waals surface area contributed by atoms with Crippen LogP contribution in [0.15, 0.2) is 0 Å². The summed E-state index contributed by atoms with van der Waals surface area (Å²) in [4.78, 5) is 14.1. The lowest BCUT2D eigenvalue weighted by Gasteiger charge is -2.51. The Kier molecular flexibility index (Phi) is 5.31. The molecule has 1 saturated heterocycles. The highest BCUT2D eigenvalue weighted by molar-refractivity contribution is 5.68. The molecule has 5 heteroatoms. The molecule has 1 aliphatic heterocycles. The minimum absolute atomic E-state index is 0.0617. The number of hydrogen-bond acceptors (Lipinski definition) is 4. The summed E-state index contributed by atoms with van der Waals surface area (Å²) in [6.45, 7) is 13.7. The minimum atomic E-state index is -0.444. The van der Waals surface area contributed by atoms with Crippen molar-refractivity contribution in [2.45, 2.75) is 84.6 Å². The minimum Gasteiger partial charge on any atom is -0.444 e. The second kappa shape index (κ2) is 6.60. The summed E-state index contributed by atoms with van der Waals surface area (Å²) in [5.41, 5.74) is -0.506. The van der Waals surface area contributed by atoms with Crippen molar-refractivity contribution in [3.05, 3.63) is 0 Å². The van der Waals surface area contributed by atoms with Crippen LogP contribution in [0.5, 0.6) is 0 Å². The molecule has 0 spiro atoms. The third-order valence-corrected chi connectivity index (χ3v) is 5.50. The van der Waals surface area contributed by atoms with Gasteiger partial charge in [-0.2, -0.15) is 0 Å². The molecule has 23 heavy (non-hydrogen) atoms. The number of nitrogens with zero attached hydrogens (tertiary/aromatic N) is 1. The van der Waals surface area contributed by atoms with Crippen LogP contribution in [-0.2, 0) is 4.74 Å². The zero-order valence-corrected chi connectivity index (χ0v) is 15.6. The molecule has 4 atom stereocenters. The van der Waals surface area contributed by atoms with Crippen LogP contribution in [0, 0.1) is 11.3 Å².